The summed E-state index contributed by atoms with van der Waals surface area (Å²) in [5.74, 6) is -0.987. The number of piperazine rings is 1. The van der Waals surface area contributed by atoms with Crippen LogP contribution in [0, 0.1) is 17.8 Å². The van der Waals surface area contributed by atoms with E-state index >= 15 is 0 Å². The van der Waals surface area contributed by atoms with Crippen LogP contribution >= 0.6 is 0 Å². The number of alkyl halides is 2. The molecule has 1 heterocycles. The number of rotatable bonds is 7. The van der Waals surface area contributed by atoms with Crippen molar-refractivity contribution in [2.24, 2.45) is 17.8 Å². The molecule has 3 rings (SSSR count). The second kappa shape index (κ2) is 13.2. The van der Waals surface area contributed by atoms with Crippen LogP contribution < -0.4 is 0 Å². The highest BCUT2D eigenvalue weighted by Crippen LogP contribution is 2.38. The number of nitrogens with zero attached hydrogens (tertiary/aromatic N) is 2. The number of allylic oxidation sites excluding steroid dienone is 2. The molecule has 36 heavy (non-hydrogen) atoms. The molecule has 2 saturated carbocycles. The number of carbonyl (C=O) groups excluding carboxylic acids is 2. The molecule has 2 aliphatic carbocycles. The zero-order valence-corrected chi connectivity index (χ0v) is 22.3. The summed E-state index contributed by atoms with van der Waals surface area (Å²) in [6.45, 7) is 6.75. The molecule has 7 nitrogen and oxygen atoms in total. The summed E-state index contributed by atoms with van der Waals surface area (Å²) in [6.07, 6.45) is 9.90. The van der Waals surface area contributed by atoms with E-state index in [-0.39, 0.29) is 24.7 Å². The van der Waals surface area contributed by atoms with Crippen LogP contribution in [0.15, 0.2) is 12.2 Å². The van der Waals surface area contributed by atoms with Gasteiger partial charge < -0.3 is 19.1 Å². The van der Waals surface area contributed by atoms with Crippen LogP contribution in [0.3, 0.4) is 0 Å². The first-order valence-corrected chi connectivity index (χ1v) is 13.6. The number of halogens is 2. The summed E-state index contributed by atoms with van der Waals surface area (Å²) in [6, 6.07) is -0.0266. The Balaban J connectivity index is 1.73. The molecule has 1 aliphatic heterocycles. The Morgan fingerprint density at radius 2 is 1.67 bits per heavy atom. The van der Waals surface area contributed by atoms with Crippen molar-refractivity contribution >= 4 is 12.1 Å². The average molecular weight is 515 g/mol. The Bertz CT molecular complexity index is 743. The topological polar surface area (TPSA) is 68.3 Å². The number of amides is 1. The molecular weight excluding hydrogens is 470 g/mol. The Hall–Kier alpha value is -1.74. The van der Waals surface area contributed by atoms with Crippen molar-refractivity contribution in [1.82, 2.24) is 9.80 Å². The van der Waals surface area contributed by atoms with Crippen LogP contribution in [0.25, 0.3) is 0 Å². The van der Waals surface area contributed by atoms with E-state index < -0.39 is 30.2 Å². The molecule has 3 aliphatic rings. The molecule has 0 aromatic carbocycles. The quantitative estimate of drug-likeness (QED) is 0.342. The number of hydrogen-bond acceptors (Lipinski definition) is 6. The highest BCUT2D eigenvalue weighted by molar-refractivity contribution is 5.74. The normalized spacial score (nSPS) is 29.0. The lowest BCUT2D eigenvalue weighted by Crippen LogP contribution is -2.56. The lowest BCUT2D eigenvalue weighted by atomic mass is 9.73. The fourth-order valence-electron chi connectivity index (χ4n) is 5.80. The van der Waals surface area contributed by atoms with Gasteiger partial charge in [-0.3, -0.25) is 9.69 Å². The minimum atomic E-state index is -2.96. The van der Waals surface area contributed by atoms with Gasteiger partial charge in [0.15, 0.2) is 0 Å². The molecule has 0 aromatic heterocycles. The third-order valence-corrected chi connectivity index (χ3v) is 7.51. The molecule has 1 saturated heterocycles. The van der Waals surface area contributed by atoms with Crippen LogP contribution in [-0.4, -0.2) is 79.0 Å². The third-order valence-electron chi connectivity index (χ3n) is 7.51. The number of hydrogen-bond donors (Lipinski definition) is 0. The van der Waals surface area contributed by atoms with Gasteiger partial charge in [-0.15, -0.1) is 0 Å². The molecule has 0 bridgehead atoms. The van der Waals surface area contributed by atoms with Crippen molar-refractivity contribution in [2.75, 3.05) is 32.8 Å². The van der Waals surface area contributed by atoms with Gasteiger partial charge in [0, 0.05) is 32.2 Å². The van der Waals surface area contributed by atoms with Crippen molar-refractivity contribution in [3.05, 3.63) is 12.2 Å². The van der Waals surface area contributed by atoms with Crippen LogP contribution in [0.2, 0.25) is 0 Å². The summed E-state index contributed by atoms with van der Waals surface area (Å²) in [4.78, 5) is 29.3. The van der Waals surface area contributed by atoms with Gasteiger partial charge in [0.05, 0.1) is 18.6 Å². The fourth-order valence-corrected chi connectivity index (χ4v) is 5.80. The molecule has 0 spiro atoms. The highest BCUT2D eigenvalue weighted by Gasteiger charge is 2.45. The molecule has 0 aromatic rings. The third kappa shape index (κ3) is 8.40. The minimum absolute atomic E-state index is 0.0266. The monoisotopic (exact) mass is 514 g/mol. The van der Waals surface area contributed by atoms with Crippen LogP contribution in [0.5, 0.6) is 0 Å². The number of esters is 1. The second-order valence-corrected chi connectivity index (χ2v) is 11.3. The Morgan fingerprint density at radius 3 is 2.25 bits per heavy atom. The van der Waals surface area contributed by atoms with Crippen molar-refractivity contribution in [1.29, 1.82) is 0 Å². The van der Waals surface area contributed by atoms with E-state index in [2.05, 4.69) is 17.1 Å². The van der Waals surface area contributed by atoms with Gasteiger partial charge in [0.1, 0.15) is 5.60 Å². The average Bonchev–Trinajstić information content (AvgIpc) is 2.82. The smallest absolute Gasteiger partial charge is 0.410 e. The first kappa shape index (κ1) is 28.8. The summed E-state index contributed by atoms with van der Waals surface area (Å²) < 4.78 is 42.7. The zero-order chi connectivity index (χ0) is 26.3. The van der Waals surface area contributed by atoms with Gasteiger partial charge in [-0.25, -0.2) is 4.79 Å². The summed E-state index contributed by atoms with van der Waals surface area (Å²) in [5, 5.41) is 0. The SMILES string of the molecule is CCOC(=O)C1C(/C=C/C2CCCCC2)CC(N2CCN(C(=O)OC(C)(C)C)CC2)CC1OC(F)F. The molecule has 0 radical (unpaired) electrons. The van der Waals surface area contributed by atoms with E-state index in [1.54, 1.807) is 11.8 Å². The van der Waals surface area contributed by atoms with E-state index in [0.29, 0.717) is 44.9 Å². The molecule has 1 amide bonds. The maximum absolute atomic E-state index is 13.4. The van der Waals surface area contributed by atoms with Crippen LogP contribution in [0.1, 0.15) is 72.6 Å². The van der Waals surface area contributed by atoms with Crippen LogP contribution in [-0.2, 0) is 19.0 Å². The fraction of sp³-hybridized carbons (Fsp3) is 0.852. The lowest BCUT2D eigenvalue weighted by molar-refractivity contribution is -0.202. The van der Waals surface area contributed by atoms with Gasteiger partial charge >= 0.3 is 18.7 Å². The molecule has 4 unspecified atom stereocenters. The van der Waals surface area contributed by atoms with Crippen molar-refractivity contribution in [3.63, 3.8) is 0 Å². The van der Waals surface area contributed by atoms with E-state index in [1.807, 2.05) is 20.8 Å². The maximum Gasteiger partial charge on any atom is 0.410 e. The van der Waals surface area contributed by atoms with Gasteiger partial charge in [0.2, 0.25) is 0 Å². The number of ether oxygens (including phenoxy) is 3. The summed E-state index contributed by atoms with van der Waals surface area (Å²) in [5.41, 5.74) is -0.558. The summed E-state index contributed by atoms with van der Waals surface area (Å²) >= 11 is 0. The summed E-state index contributed by atoms with van der Waals surface area (Å²) in [7, 11) is 0. The second-order valence-electron chi connectivity index (χ2n) is 11.3. The van der Waals surface area contributed by atoms with Gasteiger partial charge in [-0.05, 0) is 65.2 Å². The first-order valence-electron chi connectivity index (χ1n) is 13.6. The molecule has 9 heteroatoms. The molecule has 206 valence electrons. The van der Waals surface area contributed by atoms with Crippen molar-refractivity contribution in [2.45, 2.75) is 97.0 Å². The molecular formula is C27H44F2N2O5. The highest BCUT2D eigenvalue weighted by atomic mass is 19.3. The first-order chi connectivity index (χ1) is 17.1. The van der Waals surface area contributed by atoms with Crippen LogP contribution in [0.4, 0.5) is 13.6 Å². The van der Waals surface area contributed by atoms with E-state index in [0.717, 1.165) is 12.8 Å². The standard InChI is InChI=1S/C27H44F2N2O5/c1-5-34-24(32)23-20(12-11-19-9-7-6-8-10-19)17-21(18-22(23)35-25(28)29)30-13-15-31(16-14-30)26(33)36-27(2,3)4/h11-12,19-23,25H,5-10,13-18H2,1-4H3/b12-11+. The van der Waals surface area contributed by atoms with E-state index in [4.69, 9.17) is 14.2 Å². The van der Waals surface area contributed by atoms with E-state index in [9.17, 15) is 18.4 Å². The Morgan fingerprint density at radius 1 is 1.00 bits per heavy atom. The Kier molecular flexibility index (Phi) is 10.5. The van der Waals surface area contributed by atoms with E-state index in [1.165, 1.54) is 19.3 Å². The molecule has 3 fully saturated rings. The van der Waals surface area contributed by atoms with Crippen molar-refractivity contribution < 1.29 is 32.6 Å². The Labute approximate surface area is 214 Å². The van der Waals surface area contributed by atoms with Gasteiger partial charge in [-0.1, -0.05) is 31.4 Å². The maximum atomic E-state index is 13.4. The van der Waals surface area contributed by atoms with Gasteiger partial charge in [0.25, 0.3) is 0 Å². The molecule has 0 N–H and O–H groups in total. The zero-order valence-electron chi connectivity index (χ0n) is 22.3. The number of carbonyl (C=O) groups is 2. The van der Waals surface area contributed by atoms with Crippen molar-refractivity contribution in [3.8, 4) is 0 Å². The van der Waals surface area contributed by atoms with Gasteiger partial charge in [-0.2, -0.15) is 8.78 Å². The lowest BCUT2D eigenvalue weighted by Gasteiger charge is -2.46. The predicted molar refractivity (Wildman–Crippen MR) is 133 cm³/mol. The largest absolute Gasteiger partial charge is 0.466 e. The predicted octanol–water partition coefficient (Wildman–Crippen LogP) is 5.24. The molecule has 4 atom stereocenters. The minimum Gasteiger partial charge on any atom is -0.466 e.